The second kappa shape index (κ2) is 4.95. The van der Waals surface area contributed by atoms with Gasteiger partial charge in [0.2, 0.25) is 0 Å². The summed E-state index contributed by atoms with van der Waals surface area (Å²) in [4.78, 5) is 4.30. The second-order valence-corrected chi connectivity index (χ2v) is 3.58. The normalized spacial score (nSPS) is 17.4. The molecule has 0 aliphatic carbocycles. The van der Waals surface area contributed by atoms with Crippen molar-refractivity contribution in [2.75, 3.05) is 24.0 Å². The number of hydrazine groups is 1. The van der Waals surface area contributed by atoms with Crippen LogP contribution < -0.4 is 16.6 Å². The lowest BCUT2D eigenvalue weighted by Crippen LogP contribution is -2.28. The lowest BCUT2D eigenvalue weighted by Gasteiger charge is -2.23. The van der Waals surface area contributed by atoms with E-state index in [0.717, 1.165) is 31.9 Å². The van der Waals surface area contributed by atoms with Crippen LogP contribution in [0.25, 0.3) is 0 Å². The number of pyridine rings is 1. The SMILES string of the molecule is NNc1cccc(NC2CCOCC2)n1. The molecule has 1 aliphatic rings. The lowest BCUT2D eigenvalue weighted by molar-refractivity contribution is 0.0904. The number of nitrogens with one attached hydrogen (secondary N) is 2. The molecule has 82 valence electrons. The molecule has 0 amide bonds. The van der Waals surface area contributed by atoms with Crippen LogP contribution >= 0.6 is 0 Å². The largest absolute Gasteiger partial charge is 0.381 e. The Hall–Kier alpha value is -1.33. The minimum Gasteiger partial charge on any atom is -0.381 e. The third-order valence-electron chi connectivity index (χ3n) is 2.47. The summed E-state index contributed by atoms with van der Waals surface area (Å²) in [7, 11) is 0. The smallest absolute Gasteiger partial charge is 0.142 e. The number of hydrogen-bond donors (Lipinski definition) is 3. The van der Waals surface area contributed by atoms with E-state index in [0.29, 0.717) is 11.9 Å². The van der Waals surface area contributed by atoms with E-state index in [1.54, 1.807) is 0 Å². The Balaban J connectivity index is 1.96. The molecule has 5 nitrogen and oxygen atoms in total. The van der Waals surface area contributed by atoms with Crippen LogP contribution in [0.15, 0.2) is 18.2 Å². The minimum atomic E-state index is 0.458. The van der Waals surface area contributed by atoms with Gasteiger partial charge in [0.1, 0.15) is 11.6 Å². The van der Waals surface area contributed by atoms with Crippen LogP contribution in [-0.2, 0) is 4.74 Å². The lowest BCUT2D eigenvalue weighted by atomic mass is 10.1. The van der Waals surface area contributed by atoms with Gasteiger partial charge in [-0.1, -0.05) is 6.07 Å². The molecule has 0 spiro atoms. The molecule has 0 bridgehead atoms. The molecule has 2 heterocycles. The van der Waals surface area contributed by atoms with Crippen molar-refractivity contribution in [3.63, 3.8) is 0 Å². The van der Waals surface area contributed by atoms with Crippen LogP contribution in [0.4, 0.5) is 11.6 Å². The van der Waals surface area contributed by atoms with E-state index in [2.05, 4.69) is 15.7 Å². The van der Waals surface area contributed by atoms with E-state index < -0.39 is 0 Å². The van der Waals surface area contributed by atoms with Gasteiger partial charge in [-0.3, -0.25) is 0 Å². The van der Waals surface area contributed by atoms with E-state index >= 15 is 0 Å². The molecule has 0 radical (unpaired) electrons. The van der Waals surface area contributed by atoms with Crippen molar-refractivity contribution in [3.05, 3.63) is 18.2 Å². The summed E-state index contributed by atoms with van der Waals surface area (Å²) in [5, 5.41) is 3.37. The van der Waals surface area contributed by atoms with E-state index in [-0.39, 0.29) is 0 Å². The van der Waals surface area contributed by atoms with Gasteiger partial charge in [0.15, 0.2) is 0 Å². The number of nitrogens with zero attached hydrogens (tertiary/aromatic N) is 1. The summed E-state index contributed by atoms with van der Waals surface area (Å²) in [5.41, 5.74) is 2.53. The van der Waals surface area contributed by atoms with Gasteiger partial charge in [0.25, 0.3) is 0 Å². The van der Waals surface area contributed by atoms with Crippen LogP contribution in [0, 0.1) is 0 Å². The van der Waals surface area contributed by atoms with Gasteiger partial charge < -0.3 is 15.5 Å². The molecule has 15 heavy (non-hydrogen) atoms. The summed E-state index contributed by atoms with van der Waals surface area (Å²) < 4.78 is 5.29. The van der Waals surface area contributed by atoms with Crippen LogP contribution in [0.2, 0.25) is 0 Å². The van der Waals surface area contributed by atoms with Gasteiger partial charge in [0.05, 0.1) is 0 Å². The monoisotopic (exact) mass is 208 g/mol. The molecule has 1 saturated heterocycles. The first-order valence-corrected chi connectivity index (χ1v) is 5.16. The zero-order valence-electron chi connectivity index (χ0n) is 8.57. The molecule has 0 unspecified atom stereocenters. The summed E-state index contributed by atoms with van der Waals surface area (Å²) in [6.45, 7) is 1.65. The van der Waals surface area contributed by atoms with Crippen molar-refractivity contribution in [3.8, 4) is 0 Å². The van der Waals surface area contributed by atoms with Crippen molar-refractivity contribution in [2.45, 2.75) is 18.9 Å². The van der Waals surface area contributed by atoms with Gasteiger partial charge >= 0.3 is 0 Å². The van der Waals surface area contributed by atoms with Crippen LogP contribution in [0.1, 0.15) is 12.8 Å². The molecule has 1 aromatic rings. The topological polar surface area (TPSA) is 72.2 Å². The van der Waals surface area contributed by atoms with Gasteiger partial charge in [-0.15, -0.1) is 0 Å². The van der Waals surface area contributed by atoms with Crippen LogP contribution in [0.3, 0.4) is 0 Å². The molecule has 4 N–H and O–H groups in total. The summed E-state index contributed by atoms with van der Waals surface area (Å²) in [5.74, 6) is 6.82. The Bertz CT molecular complexity index is 312. The van der Waals surface area contributed by atoms with Gasteiger partial charge in [-0.2, -0.15) is 0 Å². The standard InChI is InChI=1S/C10H16N4O/c11-14-10-3-1-2-9(13-10)12-8-4-6-15-7-5-8/h1-3,8H,4-7,11H2,(H2,12,13,14). The van der Waals surface area contributed by atoms with Gasteiger partial charge in [0, 0.05) is 19.3 Å². The Morgan fingerprint density at radius 1 is 1.27 bits per heavy atom. The summed E-state index contributed by atoms with van der Waals surface area (Å²) >= 11 is 0. The summed E-state index contributed by atoms with van der Waals surface area (Å²) in [6, 6.07) is 6.15. The maximum atomic E-state index is 5.29. The zero-order valence-corrected chi connectivity index (χ0v) is 8.57. The van der Waals surface area contributed by atoms with Crippen molar-refractivity contribution < 1.29 is 4.74 Å². The molecular weight excluding hydrogens is 192 g/mol. The van der Waals surface area contributed by atoms with Crippen molar-refractivity contribution in [1.82, 2.24) is 4.98 Å². The molecular formula is C10H16N4O. The first kappa shape index (κ1) is 10.2. The Morgan fingerprint density at radius 2 is 2.00 bits per heavy atom. The highest BCUT2D eigenvalue weighted by Gasteiger charge is 2.13. The summed E-state index contributed by atoms with van der Waals surface area (Å²) in [6.07, 6.45) is 2.06. The third kappa shape index (κ3) is 2.81. The number of rotatable bonds is 3. The van der Waals surface area contributed by atoms with Crippen LogP contribution in [0.5, 0.6) is 0 Å². The Labute approximate surface area is 89.0 Å². The first-order valence-electron chi connectivity index (χ1n) is 5.16. The number of aromatic nitrogens is 1. The highest BCUT2D eigenvalue weighted by Crippen LogP contribution is 2.14. The molecule has 0 saturated carbocycles. The zero-order chi connectivity index (χ0) is 10.5. The van der Waals surface area contributed by atoms with Gasteiger partial charge in [-0.25, -0.2) is 10.8 Å². The number of anilines is 2. The van der Waals surface area contributed by atoms with E-state index in [1.165, 1.54) is 0 Å². The van der Waals surface area contributed by atoms with E-state index in [4.69, 9.17) is 10.6 Å². The molecule has 1 aliphatic heterocycles. The van der Waals surface area contributed by atoms with Crippen molar-refractivity contribution in [1.29, 1.82) is 0 Å². The van der Waals surface area contributed by atoms with Gasteiger partial charge in [-0.05, 0) is 25.0 Å². The second-order valence-electron chi connectivity index (χ2n) is 3.58. The quantitative estimate of drug-likeness (QED) is 0.509. The Morgan fingerprint density at radius 3 is 2.73 bits per heavy atom. The maximum absolute atomic E-state index is 5.29. The number of nitrogen functional groups attached to an aromatic ring is 1. The molecule has 1 aromatic heterocycles. The molecule has 5 heteroatoms. The average Bonchev–Trinajstić information content (AvgIpc) is 2.31. The maximum Gasteiger partial charge on any atom is 0.142 e. The Kier molecular flexibility index (Phi) is 3.37. The minimum absolute atomic E-state index is 0.458. The average molecular weight is 208 g/mol. The predicted octanol–water partition coefficient (Wildman–Crippen LogP) is 0.958. The molecule has 1 fully saturated rings. The van der Waals surface area contributed by atoms with Crippen molar-refractivity contribution in [2.24, 2.45) is 5.84 Å². The number of ether oxygens (including phenoxy) is 1. The molecule has 0 aromatic carbocycles. The number of nitrogens with two attached hydrogens (primary N) is 1. The van der Waals surface area contributed by atoms with E-state index in [1.807, 2.05) is 18.2 Å². The number of hydrogen-bond acceptors (Lipinski definition) is 5. The third-order valence-corrected chi connectivity index (χ3v) is 2.47. The highest BCUT2D eigenvalue weighted by molar-refractivity contribution is 5.44. The molecule has 0 atom stereocenters. The fourth-order valence-electron chi connectivity index (χ4n) is 1.65. The van der Waals surface area contributed by atoms with Crippen molar-refractivity contribution >= 4 is 11.6 Å². The fourth-order valence-corrected chi connectivity index (χ4v) is 1.65. The fraction of sp³-hybridized carbons (Fsp3) is 0.500. The highest BCUT2D eigenvalue weighted by atomic mass is 16.5. The van der Waals surface area contributed by atoms with Crippen LogP contribution in [-0.4, -0.2) is 24.2 Å². The first-order chi connectivity index (χ1) is 7.38. The van der Waals surface area contributed by atoms with E-state index in [9.17, 15) is 0 Å². The molecule has 2 rings (SSSR count). The predicted molar refractivity (Wildman–Crippen MR) is 59.5 cm³/mol.